The Balaban J connectivity index is 2.81. The fraction of sp³-hybridized carbons (Fsp3) is 0.364. The lowest BCUT2D eigenvalue weighted by Crippen LogP contribution is -1.95. The van der Waals surface area contributed by atoms with Crippen LogP contribution in [0.1, 0.15) is 11.1 Å². The molecule has 1 aromatic carbocycles. The zero-order chi connectivity index (χ0) is 10.4. The van der Waals surface area contributed by atoms with Crippen molar-refractivity contribution in [3.05, 3.63) is 29.3 Å². The summed E-state index contributed by atoms with van der Waals surface area (Å²) in [6.45, 7) is 2.48. The van der Waals surface area contributed by atoms with Crippen LogP contribution in [0, 0.1) is 6.92 Å². The van der Waals surface area contributed by atoms with Crippen LogP contribution in [0.4, 0.5) is 0 Å². The molecule has 0 aromatic heterocycles. The summed E-state index contributed by atoms with van der Waals surface area (Å²) >= 11 is 0. The van der Waals surface area contributed by atoms with Crippen LogP contribution < -0.4 is 4.74 Å². The standard InChI is InChI=1S/C11H13NO2/c1-9-10(6-7-12-8-13)4-3-5-11(9)14-2/h3-5H,6-7H2,1-2H3. The lowest BCUT2D eigenvalue weighted by Gasteiger charge is -2.08. The lowest BCUT2D eigenvalue weighted by molar-refractivity contribution is 0.411. The topological polar surface area (TPSA) is 38.7 Å². The maximum Gasteiger partial charge on any atom is 0.234 e. The van der Waals surface area contributed by atoms with Gasteiger partial charge >= 0.3 is 0 Å². The van der Waals surface area contributed by atoms with Gasteiger partial charge in [0.15, 0.2) is 0 Å². The highest BCUT2D eigenvalue weighted by molar-refractivity contribution is 5.39. The van der Waals surface area contributed by atoms with E-state index in [1.165, 1.54) is 6.08 Å². The van der Waals surface area contributed by atoms with Gasteiger partial charge in [-0.05, 0) is 30.5 Å². The summed E-state index contributed by atoms with van der Waals surface area (Å²) in [4.78, 5) is 13.4. The lowest BCUT2D eigenvalue weighted by atomic mass is 10.1. The summed E-state index contributed by atoms with van der Waals surface area (Å²) in [5.74, 6) is 0.873. The van der Waals surface area contributed by atoms with Crippen molar-refractivity contribution >= 4 is 6.08 Å². The van der Waals surface area contributed by atoms with Crippen molar-refractivity contribution < 1.29 is 9.53 Å². The molecule has 1 rings (SSSR count). The van der Waals surface area contributed by atoms with E-state index in [1.54, 1.807) is 7.11 Å². The van der Waals surface area contributed by atoms with Gasteiger partial charge in [0.2, 0.25) is 6.08 Å². The summed E-state index contributed by atoms with van der Waals surface area (Å²) in [5.41, 5.74) is 2.26. The maximum atomic E-state index is 9.89. The third kappa shape index (κ3) is 2.44. The Morgan fingerprint density at radius 3 is 2.93 bits per heavy atom. The van der Waals surface area contributed by atoms with Gasteiger partial charge < -0.3 is 4.74 Å². The molecule has 0 radical (unpaired) electrons. The molecule has 0 spiro atoms. The first-order valence-electron chi connectivity index (χ1n) is 4.45. The second-order valence-corrected chi connectivity index (χ2v) is 2.97. The third-order valence-electron chi connectivity index (χ3n) is 2.17. The highest BCUT2D eigenvalue weighted by Crippen LogP contribution is 2.20. The van der Waals surface area contributed by atoms with Crippen LogP contribution in [0.5, 0.6) is 5.75 Å². The van der Waals surface area contributed by atoms with Gasteiger partial charge in [-0.3, -0.25) is 0 Å². The average molecular weight is 191 g/mol. The van der Waals surface area contributed by atoms with Crippen molar-refractivity contribution in [1.29, 1.82) is 0 Å². The van der Waals surface area contributed by atoms with Crippen LogP contribution in [-0.2, 0) is 11.2 Å². The molecule has 0 bridgehead atoms. The molecule has 0 fully saturated rings. The summed E-state index contributed by atoms with van der Waals surface area (Å²) in [6.07, 6.45) is 2.28. The van der Waals surface area contributed by atoms with Crippen molar-refractivity contribution in [2.24, 2.45) is 4.99 Å². The van der Waals surface area contributed by atoms with E-state index in [-0.39, 0.29) is 0 Å². The number of hydrogen-bond donors (Lipinski definition) is 0. The number of benzene rings is 1. The molecule has 0 unspecified atom stereocenters. The second-order valence-electron chi connectivity index (χ2n) is 2.97. The highest BCUT2D eigenvalue weighted by atomic mass is 16.5. The van der Waals surface area contributed by atoms with E-state index in [1.807, 2.05) is 25.1 Å². The van der Waals surface area contributed by atoms with Crippen molar-refractivity contribution in [2.75, 3.05) is 13.7 Å². The molecular weight excluding hydrogens is 178 g/mol. The molecule has 0 aliphatic heterocycles. The van der Waals surface area contributed by atoms with E-state index in [0.29, 0.717) is 6.54 Å². The normalized spacial score (nSPS) is 9.29. The fourth-order valence-electron chi connectivity index (χ4n) is 1.37. The van der Waals surface area contributed by atoms with E-state index in [0.717, 1.165) is 23.3 Å². The van der Waals surface area contributed by atoms with E-state index in [9.17, 15) is 4.79 Å². The molecule has 0 saturated heterocycles. The Morgan fingerprint density at radius 1 is 1.50 bits per heavy atom. The maximum absolute atomic E-state index is 9.89. The van der Waals surface area contributed by atoms with Gasteiger partial charge in [0.25, 0.3) is 0 Å². The summed E-state index contributed by atoms with van der Waals surface area (Å²) in [6, 6.07) is 5.87. The molecule has 1 aromatic rings. The summed E-state index contributed by atoms with van der Waals surface area (Å²) < 4.78 is 5.18. The first kappa shape index (κ1) is 10.5. The second kappa shape index (κ2) is 5.20. The predicted molar refractivity (Wildman–Crippen MR) is 54.4 cm³/mol. The van der Waals surface area contributed by atoms with Gasteiger partial charge in [-0.1, -0.05) is 12.1 Å². The van der Waals surface area contributed by atoms with E-state index < -0.39 is 0 Å². The number of methoxy groups -OCH3 is 1. The molecule has 0 atom stereocenters. The Hall–Kier alpha value is -1.60. The SMILES string of the molecule is COc1cccc(CCN=C=O)c1C. The minimum absolute atomic E-state index is 0.484. The zero-order valence-corrected chi connectivity index (χ0v) is 8.41. The molecule has 3 heteroatoms. The van der Waals surface area contributed by atoms with Gasteiger partial charge in [-0.15, -0.1) is 0 Å². The Morgan fingerprint density at radius 2 is 2.29 bits per heavy atom. The first-order chi connectivity index (χ1) is 6.79. The number of rotatable bonds is 4. The molecule has 0 heterocycles. The fourth-order valence-corrected chi connectivity index (χ4v) is 1.37. The van der Waals surface area contributed by atoms with Crippen molar-refractivity contribution in [3.63, 3.8) is 0 Å². The van der Waals surface area contributed by atoms with E-state index >= 15 is 0 Å². The number of hydrogen-bond acceptors (Lipinski definition) is 3. The molecule has 0 aliphatic rings. The molecule has 0 amide bonds. The van der Waals surface area contributed by atoms with E-state index in [2.05, 4.69) is 4.99 Å². The molecule has 0 saturated carbocycles. The van der Waals surface area contributed by atoms with Crippen LogP contribution >= 0.6 is 0 Å². The predicted octanol–water partition coefficient (Wildman–Crippen LogP) is 1.88. The minimum atomic E-state index is 0.484. The first-order valence-corrected chi connectivity index (χ1v) is 4.45. The van der Waals surface area contributed by atoms with Crippen molar-refractivity contribution in [3.8, 4) is 5.75 Å². The molecule has 14 heavy (non-hydrogen) atoms. The minimum Gasteiger partial charge on any atom is -0.496 e. The number of carbonyl (C=O) groups excluding carboxylic acids is 1. The molecule has 74 valence electrons. The monoisotopic (exact) mass is 191 g/mol. The molecule has 0 N–H and O–H groups in total. The van der Waals surface area contributed by atoms with Gasteiger partial charge in [0.05, 0.1) is 13.7 Å². The van der Waals surface area contributed by atoms with Crippen molar-refractivity contribution in [1.82, 2.24) is 0 Å². The Labute approximate surface area is 83.4 Å². The molecular formula is C11H13NO2. The van der Waals surface area contributed by atoms with Crippen LogP contribution in [0.25, 0.3) is 0 Å². The zero-order valence-electron chi connectivity index (χ0n) is 8.41. The number of aliphatic imine (C=N–C) groups is 1. The summed E-state index contributed by atoms with van der Waals surface area (Å²) in [7, 11) is 1.65. The average Bonchev–Trinajstić information content (AvgIpc) is 2.21. The van der Waals surface area contributed by atoms with Gasteiger partial charge in [-0.25, -0.2) is 9.79 Å². The largest absolute Gasteiger partial charge is 0.496 e. The molecule has 0 aliphatic carbocycles. The van der Waals surface area contributed by atoms with Crippen LogP contribution in [0.2, 0.25) is 0 Å². The van der Waals surface area contributed by atoms with E-state index in [4.69, 9.17) is 4.74 Å². The van der Waals surface area contributed by atoms with Gasteiger partial charge in [-0.2, -0.15) is 0 Å². The Bertz CT molecular complexity index is 354. The van der Waals surface area contributed by atoms with Crippen molar-refractivity contribution in [2.45, 2.75) is 13.3 Å². The van der Waals surface area contributed by atoms with Crippen LogP contribution in [-0.4, -0.2) is 19.7 Å². The van der Waals surface area contributed by atoms with Crippen LogP contribution in [0.3, 0.4) is 0 Å². The number of isocyanates is 1. The summed E-state index contributed by atoms with van der Waals surface area (Å²) in [5, 5.41) is 0. The number of ether oxygens (including phenoxy) is 1. The molecule has 3 nitrogen and oxygen atoms in total. The van der Waals surface area contributed by atoms with Gasteiger partial charge in [0, 0.05) is 0 Å². The van der Waals surface area contributed by atoms with Crippen LogP contribution in [0.15, 0.2) is 23.2 Å². The number of nitrogens with zero attached hydrogens (tertiary/aromatic N) is 1. The smallest absolute Gasteiger partial charge is 0.234 e. The van der Waals surface area contributed by atoms with Gasteiger partial charge in [0.1, 0.15) is 5.75 Å². The third-order valence-corrected chi connectivity index (χ3v) is 2.17. The quantitative estimate of drug-likeness (QED) is 0.538. The Kier molecular flexibility index (Phi) is 3.89. The highest BCUT2D eigenvalue weighted by Gasteiger charge is 2.02.